The molecule has 0 spiro atoms. The molecule has 3 aliphatic heterocycles. The Morgan fingerprint density at radius 3 is 2.81 bits per heavy atom. The van der Waals surface area contributed by atoms with Crippen molar-refractivity contribution in [2.45, 2.75) is 71.5 Å². The number of carbonyl (C=O) groups excluding carboxylic acids is 1. The molecular weight excluding hydrogens is 462 g/mol. The Morgan fingerprint density at radius 2 is 1.97 bits per heavy atom. The van der Waals surface area contributed by atoms with Gasteiger partial charge >= 0.3 is 0 Å². The van der Waals surface area contributed by atoms with Gasteiger partial charge in [0.05, 0.1) is 6.54 Å². The van der Waals surface area contributed by atoms with Gasteiger partial charge < -0.3 is 4.90 Å². The van der Waals surface area contributed by atoms with Crippen molar-refractivity contribution < 1.29 is 4.79 Å². The highest BCUT2D eigenvalue weighted by molar-refractivity contribution is 7.15. The van der Waals surface area contributed by atoms with E-state index in [1.54, 1.807) is 0 Å². The number of Topliss-reactive ketones (excluding diaryl/α,β-unsaturated/α-hetero) is 1. The molecule has 1 fully saturated rings. The van der Waals surface area contributed by atoms with E-state index in [0.29, 0.717) is 17.7 Å². The van der Waals surface area contributed by atoms with E-state index >= 15 is 0 Å². The van der Waals surface area contributed by atoms with Crippen LogP contribution in [0.2, 0.25) is 0 Å². The Balaban J connectivity index is 1.25. The predicted molar refractivity (Wildman–Crippen MR) is 150 cm³/mol. The molecule has 0 amide bonds. The van der Waals surface area contributed by atoms with Crippen molar-refractivity contribution in [3.8, 4) is 10.4 Å². The Bertz CT molecular complexity index is 1250. The highest BCUT2D eigenvalue weighted by Crippen LogP contribution is 2.38. The van der Waals surface area contributed by atoms with Crippen molar-refractivity contribution in [1.29, 1.82) is 0 Å². The number of allylic oxidation sites excluding steroid dienone is 2. The third-order valence-corrected chi connectivity index (χ3v) is 9.39. The van der Waals surface area contributed by atoms with Gasteiger partial charge in [0, 0.05) is 65.4 Å². The molecular formula is C31H37N3OS. The summed E-state index contributed by atoms with van der Waals surface area (Å²) in [4.78, 5) is 25.3. The number of hydrogen-bond acceptors (Lipinski definition) is 5. The van der Waals surface area contributed by atoms with Crippen LogP contribution >= 0.6 is 11.3 Å². The van der Waals surface area contributed by atoms with Crippen molar-refractivity contribution in [3.05, 3.63) is 63.6 Å². The summed E-state index contributed by atoms with van der Waals surface area (Å²) >= 11 is 1.97. The van der Waals surface area contributed by atoms with Gasteiger partial charge in [0.25, 0.3) is 0 Å². The fraction of sp³-hybridized carbons (Fsp3) is 0.484. The molecule has 4 heterocycles. The number of thiophene rings is 1. The number of carbonyl (C=O) groups is 1. The Morgan fingerprint density at radius 1 is 1.08 bits per heavy atom. The van der Waals surface area contributed by atoms with Gasteiger partial charge in [0.15, 0.2) is 5.78 Å². The van der Waals surface area contributed by atoms with Crippen LogP contribution in [0.3, 0.4) is 0 Å². The standard InChI is InChI=1S/C31H37N3OS/c1-21(2)34-16-12-25-18-29(36-30(25)20-34)24-9-10-26-19-32-13-11-28(27(26)17-24)33-14-3-5-22(6-4-15-33)31(35)23-7-8-23/h5,9-11,13,17-18,21,23H,3-4,6-8,12,14-16,19-20H2,1-2H3/b22-5-. The summed E-state index contributed by atoms with van der Waals surface area (Å²) in [5.41, 5.74) is 7.85. The molecule has 4 aliphatic rings. The predicted octanol–water partition coefficient (Wildman–Crippen LogP) is 6.50. The first kappa shape index (κ1) is 23.9. The first-order valence-corrected chi connectivity index (χ1v) is 14.6. The van der Waals surface area contributed by atoms with Crippen LogP contribution in [0.4, 0.5) is 0 Å². The molecule has 6 rings (SSSR count). The van der Waals surface area contributed by atoms with Crippen LogP contribution in [0.15, 0.2) is 47.0 Å². The second-order valence-corrected chi connectivity index (χ2v) is 12.2. The molecule has 0 saturated heterocycles. The van der Waals surface area contributed by atoms with Crippen LogP contribution in [0.1, 0.15) is 67.5 Å². The lowest BCUT2D eigenvalue weighted by molar-refractivity contribution is -0.116. The Kier molecular flexibility index (Phi) is 6.70. The highest BCUT2D eigenvalue weighted by Gasteiger charge is 2.32. The number of hydrogen-bond donors (Lipinski definition) is 0. The molecule has 0 unspecified atom stereocenters. The van der Waals surface area contributed by atoms with E-state index in [4.69, 9.17) is 0 Å². The largest absolute Gasteiger partial charge is 0.371 e. The van der Waals surface area contributed by atoms with E-state index in [1.807, 2.05) is 17.6 Å². The van der Waals surface area contributed by atoms with Crippen LogP contribution in [0.25, 0.3) is 16.1 Å². The van der Waals surface area contributed by atoms with Crippen LogP contribution in [0.5, 0.6) is 0 Å². The molecule has 0 N–H and O–H groups in total. The van der Waals surface area contributed by atoms with Crippen molar-refractivity contribution in [2.24, 2.45) is 10.9 Å². The number of fused-ring (bicyclic) bond motifs is 2. The monoisotopic (exact) mass is 499 g/mol. The van der Waals surface area contributed by atoms with Gasteiger partial charge in [0.1, 0.15) is 0 Å². The van der Waals surface area contributed by atoms with Gasteiger partial charge in [-0.15, -0.1) is 11.3 Å². The Hall–Kier alpha value is -2.50. The average Bonchev–Trinajstić information content (AvgIpc) is 3.65. The molecule has 36 heavy (non-hydrogen) atoms. The number of nitrogens with zero attached hydrogens (tertiary/aromatic N) is 3. The maximum atomic E-state index is 12.6. The van der Waals surface area contributed by atoms with Gasteiger partial charge in [0.2, 0.25) is 0 Å². The summed E-state index contributed by atoms with van der Waals surface area (Å²) in [6.07, 6.45) is 12.6. The molecule has 0 atom stereocenters. The third-order valence-electron chi connectivity index (χ3n) is 8.18. The summed E-state index contributed by atoms with van der Waals surface area (Å²) < 4.78 is 0. The lowest BCUT2D eigenvalue weighted by atomic mass is 9.96. The van der Waals surface area contributed by atoms with Gasteiger partial charge in [-0.1, -0.05) is 18.2 Å². The fourth-order valence-electron chi connectivity index (χ4n) is 5.81. The first-order chi connectivity index (χ1) is 17.6. The van der Waals surface area contributed by atoms with Crippen LogP contribution in [0, 0.1) is 5.92 Å². The zero-order valence-electron chi connectivity index (χ0n) is 21.6. The van der Waals surface area contributed by atoms with E-state index < -0.39 is 0 Å². The van der Waals surface area contributed by atoms with Gasteiger partial charge in [-0.05, 0) is 92.8 Å². The van der Waals surface area contributed by atoms with Gasteiger partial charge in [-0.3, -0.25) is 14.7 Å². The molecule has 1 aromatic heterocycles. The van der Waals surface area contributed by atoms with E-state index in [2.05, 4.69) is 65.1 Å². The summed E-state index contributed by atoms with van der Waals surface area (Å²) in [5.74, 6) is 0.753. The molecule has 1 aliphatic carbocycles. The van der Waals surface area contributed by atoms with Crippen LogP contribution < -0.4 is 0 Å². The highest BCUT2D eigenvalue weighted by atomic mass is 32.1. The molecule has 0 radical (unpaired) electrons. The number of rotatable bonds is 5. The second-order valence-electron chi connectivity index (χ2n) is 11.0. The molecule has 1 aromatic carbocycles. The quantitative estimate of drug-likeness (QED) is 0.471. The number of ketones is 1. The minimum Gasteiger partial charge on any atom is -0.371 e. The van der Waals surface area contributed by atoms with Crippen LogP contribution in [-0.2, 0) is 24.3 Å². The number of benzene rings is 1. The molecule has 5 heteroatoms. The van der Waals surface area contributed by atoms with E-state index in [9.17, 15) is 4.79 Å². The smallest absolute Gasteiger partial charge is 0.161 e. The van der Waals surface area contributed by atoms with E-state index in [0.717, 1.165) is 76.8 Å². The normalized spacial score (nSPS) is 22.1. The SMILES string of the molecule is CC(C)N1CCc2cc(-c3ccc4c(c3)C(N3CC/C=C(\C(=O)C5CC5)CCC3)=CC=NC4)sc2C1. The summed E-state index contributed by atoms with van der Waals surface area (Å²) in [7, 11) is 0. The molecule has 188 valence electrons. The van der Waals surface area contributed by atoms with Crippen molar-refractivity contribution in [2.75, 3.05) is 19.6 Å². The summed E-state index contributed by atoms with van der Waals surface area (Å²) in [6.45, 7) is 9.50. The maximum Gasteiger partial charge on any atom is 0.161 e. The Labute approximate surface area is 219 Å². The first-order valence-electron chi connectivity index (χ1n) is 13.7. The zero-order valence-corrected chi connectivity index (χ0v) is 22.4. The third kappa shape index (κ3) is 4.88. The van der Waals surface area contributed by atoms with E-state index in [-0.39, 0.29) is 0 Å². The van der Waals surface area contributed by atoms with Crippen LogP contribution in [-0.4, -0.2) is 47.5 Å². The molecule has 0 bridgehead atoms. The lowest BCUT2D eigenvalue weighted by Crippen LogP contribution is -2.35. The van der Waals surface area contributed by atoms with Crippen molar-refractivity contribution in [1.82, 2.24) is 9.80 Å². The van der Waals surface area contributed by atoms with Gasteiger partial charge in [-0.2, -0.15) is 0 Å². The van der Waals surface area contributed by atoms with Gasteiger partial charge in [-0.25, -0.2) is 0 Å². The van der Waals surface area contributed by atoms with Crippen molar-refractivity contribution in [3.63, 3.8) is 0 Å². The molecule has 4 nitrogen and oxygen atoms in total. The second kappa shape index (κ2) is 10.1. The summed E-state index contributed by atoms with van der Waals surface area (Å²) in [5, 5.41) is 0. The maximum absolute atomic E-state index is 12.6. The fourth-order valence-corrected chi connectivity index (χ4v) is 7.04. The lowest BCUT2D eigenvalue weighted by Gasteiger charge is -2.30. The number of aliphatic imine (C=N–C) groups is 1. The zero-order chi connectivity index (χ0) is 24.6. The van der Waals surface area contributed by atoms with Crippen molar-refractivity contribution >= 4 is 29.0 Å². The minimum absolute atomic E-state index is 0.328. The minimum atomic E-state index is 0.328. The molecule has 1 saturated carbocycles. The topological polar surface area (TPSA) is 35.9 Å². The average molecular weight is 500 g/mol. The summed E-state index contributed by atoms with van der Waals surface area (Å²) in [6, 6.07) is 10.0. The molecule has 2 aromatic rings. The van der Waals surface area contributed by atoms with E-state index in [1.165, 1.54) is 37.7 Å².